The number of hydrogen-bond acceptors (Lipinski definition) is 4. The van der Waals surface area contributed by atoms with Gasteiger partial charge in [0.2, 0.25) is 5.91 Å². The number of aliphatic carboxylic acids is 1. The molecule has 1 aromatic carbocycles. The highest BCUT2D eigenvalue weighted by Crippen LogP contribution is 2.34. The van der Waals surface area contributed by atoms with Crippen molar-refractivity contribution in [3.63, 3.8) is 0 Å². The second kappa shape index (κ2) is 8.20. The average Bonchev–Trinajstić information content (AvgIpc) is 2.55. The van der Waals surface area contributed by atoms with Gasteiger partial charge in [0.25, 0.3) is 0 Å². The topological polar surface area (TPSA) is 90.2 Å². The van der Waals surface area contributed by atoms with E-state index in [4.69, 9.17) is 5.26 Å². The second-order valence-corrected chi connectivity index (χ2v) is 7.39. The van der Waals surface area contributed by atoms with Crippen molar-refractivity contribution in [3.05, 3.63) is 35.4 Å². The number of carboxylic acid groups (broad SMARTS) is 1. The first kappa shape index (κ1) is 18.3. The molecular formula is C18H22N2O3S. The van der Waals surface area contributed by atoms with Gasteiger partial charge in [-0.05, 0) is 37.5 Å². The van der Waals surface area contributed by atoms with Gasteiger partial charge in [-0.3, -0.25) is 9.59 Å². The predicted octanol–water partition coefficient (Wildman–Crippen LogP) is 2.94. The normalized spacial score (nSPS) is 23.2. The molecule has 0 aromatic heterocycles. The Morgan fingerprint density at radius 1 is 1.38 bits per heavy atom. The molecule has 2 atom stereocenters. The van der Waals surface area contributed by atoms with E-state index in [2.05, 4.69) is 11.4 Å². The molecule has 2 N–H and O–H groups in total. The Balaban J connectivity index is 1.83. The van der Waals surface area contributed by atoms with Crippen LogP contribution in [0.5, 0.6) is 0 Å². The molecule has 1 aliphatic carbocycles. The zero-order valence-corrected chi connectivity index (χ0v) is 14.6. The number of nitrogens with one attached hydrogen (secondary N) is 1. The van der Waals surface area contributed by atoms with Gasteiger partial charge >= 0.3 is 5.97 Å². The third kappa shape index (κ3) is 4.75. The highest BCUT2D eigenvalue weighted by atomic mass is 32.2. The van der Waals surface area contributed by atoms with Gasteiger partial charge in [-0.15, -0.1) is 11.8 Å². The molecule has 1 fully saturated rings. The van der Waals surface area contributed by atoms with E-state index in [1.54, 1.807) is 12.1 Å². The Labute approximate surface area is 146 Å². The molecule has 6 heteroatoms. The smallest absolute Gasteiger partial charge is 0.308 e. The maximum Gasteiger partial charge on any atom is 0.308 e. The van der Waals surface area contributed by atoms with Gasteiger partial charge in [0.05, 0.1) is 28.8 Å². The first-order chi connectivity index (χ1) is 11.4. The number of benzene rings is 1. The fraction of sp³-hybridized carbons (Fsp3) is 0.500. The number of amides is 1. The van der Waals surface area contributed by atoms with E-state index in [9.17, 15) is 14.7 Å². The summed E-state index contributed by atoms with van der Waals surface area (Å²) in [7, 11) is 0. The van der Waals surface area contributed by atoms with Crippen LogP contribution < -0.4 is 5.32 Å². The van der Waals surface area contributed by atoms with Crippen LogP contribution in [0.2, 0.25) is 0 Å². The van der Waals surface area contributed by atoms with Crippen molar-refractivity contribution < 1.29 is 14.7 Å². The summed E-state index contributed by atoms with van der Waals surface area (Å²) in [5.41, 5.74) is 1.02. The quantitative estimate of drug-likeness (QED) is 0.826. The standard InChI is InChI=1S/C18H22N2O3S/c1-18(9-3-2-4-15(18)17(22)23)20-16(21)12-24-11-14-7-5-13(10-19)6-8-14/h5-8,15H,2-4,9,11-12H2,1H3,(H,20,21)(H,22,23). The molecule has 1 aromatic rings. The molecule has 0 bridgehead atoms. The van der Waals surface area contributed by atoms with Crippen LogP contribution in [0, 0.1) is 17.2 Å². The number of nitrogens with zero attached hydrogens (tertiary/aromatic N) is 1. The fourth-order valence-electron chi connectivity index (χ4n) is 3.17. The minimum Gasteiger partial charge on any atom is -0.481 e. The molecule has 128 valence electrons. The van der Waals surface area contributed by atoms with Gasteiger partial charge in [0, 0.05) is 5.75 Å². The lowest BCUT2D eigenvalue weighted by molar-refractivity contribution is -0.146. The van der Waals surface area contributed by atoms with E-state index in [1.807, 2.05) is 19.1 Å². The number of rotatable bonds is 6. The van der Waals surface area contributed by atoms with Crippen molar-refractivity contribution >= 4 is 23.6 Å². The molecule has 0 saturated heterocycles. The fourth-order valence-corrected chi connectivity index (χ4v) is 3.96. The van der Waals surface area contributed by atoms with Crippen molar-refractivity contribution in [2.24, 2.45) is 5.92 Å². The Bertz CT molecular complexity index is 639. The summed E-state index contributed by atoms with van der Waals surface area (Å²) in [4.78, 5) is 23.6. The number of carbonyl (C=O) groups is 2. The van der Waals surface area contributed by atoms with E-state index in [0.717, 1.165) is 18.4 Å². The lowest BCUT2D eigenvalue weighted by Crippen LogP contribution is -2.55. The van der Waals surface area contributed by atoms with E-state index < -0.39 is 17.4 Å². The number of carboxylic acids is 1. The van der Waals surface area contributed by atoms with Crippen LogP contribution in [0.25, 0.3) is 0 Å². The van der Waals surface area contributed by atoms with Crippen LogP contribution in [0.4, 0.5) is 0 Å². The van der Waals surface area contributed by atoms with Gasteiger partial charge < -0.3 is 10.4 Å². The van der Waals surface area contributed by atoms with Crippen molar-refractivity contribution in [2.45, 2.75) is 43.9 Å². The van der Waals surface area contributed by atoms with E-state index in [-0.39, 0.29) is 5.91 Å². The number of hydrogen-bond donors (Lipinski definition) is 2. The zero-order chi connectivity index (χ0) is 17.6. The van der Waals surface area contributed by atoms with Gasteiger partial charge in [-0.1, -0.05) is 25.0 Å². The molecule has 1 amide bonds. The highest BCUT2D eigenvalue weighted by Gasteiger charge is 2.41. The summed E-state index contributed by atoms with van der Waals surface area (Å²) < 4.78 is 0. The molecule has 0 aliphatic heterocycles. The minimum atomic E-state index is -0.831. The maximum atomic E-state index is 12.2. The zero-order valence-electron chi connectivity index (χ0n) is 13.7. The maximum absolute atomic E-state index is 12.2. The molecule has 1 aliphatic rings. The largest absolute Gasteiger partial charge is 0.481 e. The monoisotopic (exact) mass is 346 g/mol. The summed E-state index contributed by atoms with van der Waals surface area (Å²) in [6.45, 7) is 1.84. The summed E-state index contributed by atoms with van der Waals surface area (Å²) in [5, 5.41) is 21.1. The molecule has 5 nitrogen and oxygen atoms in total. The molecule has 0 spiro atoms. The van der Waals surface area contributed by atoms with Crippen LogP contribution in [0.3, 0.4) is 0 Å². The van der Waals surface area contributed by atoms with Crippen molar-refractivity contribution in [1.82, 2.24) is 5.32 Å². The number of carbonyl (C=O) groups excluding carboxylic acids is 1. The van der Waals surface area contributed by atoms with Crippen molar-refractivity contribution in [3.8, 4) is 6.07 Å². The van der Waals surface area contributed by atoms with Crippen molar-refractivity contribution in [2.75, 3.05) is 5.75 Å². The predicted molar refractivity (Wildman–Crippen MR) is 93.5 cm³/mol. The Hall–Kier alpha value is -2.00. The first-order valence-electron chi connectivity index (χ1n) is 8.05. The third-order valence-corrected chi connectivity index (χ3v) is 5.52. The molecule has 0 heterocycles. The lowest BCUT2D eigenvalue weighted by Gasteiger charge is -2.39. The number of thioether (sulfide) groups is 1. The number of nitriles is 1. The molecule has 0 radical (unpaired) electrons. The van der Waals surface area contributed by atoms with Gasteiger partial charge in [0.15, 0.2) is 0 Å². The SMILES string of the molecule is CC1(NC(=O)CSCc2ccc(C#N)cc2)CCCCC1C(=O)O. The Morgan fingerprint density at radius 3 is 2.71 bits per heavy atom. The second-order valence-electron chi connectivity index (χ2n) is 6.40. The van der Waals surface area contributed by atoms with E-state index in [1.165, 1.54) is 11.8 Å². The third-order valence-electron chi connectivity index (χ3n) is 4.52. The van der Waals surface area contributed by atoms with Crippen LogP contribution in [-0.2, 0) is 15.3 Å². The molecular weight excluding hydrogens is 324 g/mol. The van der Waals surface area contributed by atoms with E-state index >= 15 is 0 Å². The first-order valence-corrected chi connectivity index (χ1v) is 9.21. The summed E-state index contributed by atoms with van der Waals surface area (Å²) in [5.74, 6) is -0.495. The summed E-state index contributed by atoms with van der Waals surface area (Å²) in [6, 6.07) is 9.36. The van der Waals surface area contributed by atoms with E-state index in [0.29, 0.717) is 29.9 Å². The summed E-state index contributed by atoms with van der Waals surface area (Å²) in [6.07, 6.45) is 3.16. The summed E-state index contributed by atoms with van der Waals surface area (Å²) >= 11 is 1.48. The molecule has 24 heavy (non-hydrogen) atoms. The van der Waals surface area contributed by atoms with Crippen LogP contribution in [0.15, 0.2) is 24.3 Å². The van der Waals surface area contributed by atoms with Crippen LogP contribution >= 0.6 is 11.8 Å². The van der Waals surface area contributed by atoms with Crippen molar-refractivity contribution in [1.29, 1.82) is 5.26 Å². The highest BCUT2D eigenvalue weighted by molar-refractivity contribution is 7.99. The lowest BCUT2D eigenvalue weighted by atomic mass is 9.74. The average molecular weight is 346 g/mol. The Kier molecular flexibility index (Phi) is 6.27. The molecule has 2 unspecified atom stereocenters. The van der Waals surface area contributed by atoms with Gasteiger partial charge in [-0.25, -0.2) is 0 Å². The van der Waals surface area contributed by atoms with Gasteiger partial charge in [-0.2, -0.15) is 5.26 Å². The minimum absolute atomic E-state index is 0.121. The van der Waals surface area contributed by atoms with Gasteiger partial charge in [0.1, 0.15) is 0 Å². The molecule has 1 saturated carbocycles. The van der Waals surface area contributed by atoms with Crippen LogP contribution in [-0.4, -0.2) is 28.3 Å². The van der Waals surface area contributed by atoms with Crippen LogP contribution in [0.1, 0.15) is 43.7 Å². The molecule has 2 rings (SSSR count). The Morgan fingerprint density at radius 2 is 2.08 bits per heavy atom.